The second-order valence-corrected chi connectivity index (χ2v) is 6.30. The molecule has 0 spiro atoms. The van der Waals surface area contributed by atoms with Gasteiger partial charge in [0.15, 0.2) is 6.10 Å². The first-order valence-corrected chi connectivity index (χ1v) is 8.19. The first kappa shape index (κ1) is 17.3. The molecule has 23 heavy (non-hydrogen) atoms. The van der Waals surface area contributed by atoms with Gasteiger partial charge in [0.25, 0.3) is 5.91 Å². The molecule has 0 saturated carbocycles. The number of aryl methyl sites for hydroxylation is 1. The number of likely N-dealkylation sites (tertiary alicyclic amines) is 1. The van der Waals surface area contributed by atoms with Gasteiger partial charge in [-0.2, -0.15) is 0 Å². The van der Waals surface area contributed by atoms with Gasteiger partial charge in [-0.15, -0.1) is 0 Å². The molecule has 1 fully saturated rings. The van der Waals surface area contributed by atoms with Crippen molar-refractivity contribution in [2.75, 3.05) is 13.1 Å². The SMILES string of the molecule is Cc1ccc(OC(C)C(=O)N2CCCC(CCC(=O)O)C2)cc1. The molecule has 5 heteroatoms. The van der Waals surface area contributed by atoms with Gasteiger partial charge >= 0.3 is 5.97 Å². The van der Waals surface area contributed by atoms with Gasteiger partial charge in [0.2, 0.25) is 0 Å². The Hall–Kier alpha value is -2.04. The number of carbonyl (C=O) groups excluding carboxylic acids is 1. The highest BCUT2D eigenvalue weighted by Gasteiger charge is 2.27. The summed E-state index contributed by atoms with van der Waals surface area (Å²) in [5.74, 6) is 0.168. The minimum atomic E-state index is -0.774. The van der Waals surface area contributed by atoms with Crippen LogP contribution in [0.5, 0.6) is 5.75 Å². The van der Waals surface area contributed by atoms with Crippen molar-refractivity contribution in [2.24, 2.45) is 5.92 Å². The molecule has 1 aromatic rings. The van der Waals surface area contributed by atoms with Gasteiger partial charge in [-0.05, 0) is 51.2 Å². The minimum Gasteiger partial charge on any atom is -0.481 e. The molecule has 2 rings (SSSR count). The number of amides is 1. The highest BCUT2D eigenvalue weighted by atomic mass is 16.5. The summed E-state index contributed by atoms with van der Waals surface area (Å²) in [5.41, 5.74) is 1.15. The van der Waals surface area contributed by atoms with Gasteiger partial charge in [0.05, 0.1) is 0 Å². The first-order valence-electron chi connectivity index (χ1n) is 8.19. The number of piperidine rings is 1. The van der Waals surface area contributed by atoms with Crippen LogP contribution < -0.4 is 4.74 Å². The molecule has 2 atom stereocenters. The molecular weight excluding hydrogens is 294 g/mol. The summed E-state index contributed by atoms with van der Waals surface area (Å²) in [5, 5.41) is 8.79. The van der Waals surface area contributed by atoms with Crippen molar-refractivity contribution in [1.29, 1.82) is 0 Å². The lowest BCUT2D eigenvalue weighted by Crippen LogP contribution is -2.45. The molecule has 1 heterocycles. The van der Waals surface area contributed by atoms with Crippen LogP contribution in [0.3, 0.4) is 0 Å². The zero-order chi connectivity index (χ0) is 16.8. The molecule has 0 aliphatic carbocycles. The normalized spacial score (nSPS) is 19.2. The predicted octanol–water partition coefficient (Wildman–Crippen LogP) is 2.87. The Balaban J connectivity index is 1.87. The number of nitrogens with zero attached hydrogens (tertiary/aromatic N) is 1. The standard InChI is InChI=1S/C18H25NO4/c1-13-5-8-16(9-6-13)23-14(2)18(22)19-11-3-4-15(12-19)7-10-17(20)21/h5-6,8-9,14-15H,3-4,7,10-12H2,1-2H3,(H,20,21). The second-order valence-electron chi connectivity index (χ2n) is 6.30. The molecule has 1 aliphatic heterocycles. The average molecular weight is 319 g/mol. The van der Waals surface area contributed by atoms with Crippen LogP contribution in [-0.4, -0.2) is 41.1 Å². The summed E-state index contributed by atoms with van der Waals surface area (Å²) >= 11 is 0. The van der Waals surface area contributed by atoms with Crippen LogP contribution in [0.15, 0.2) is 24.3 Å². The van der Waals surface area contributed by atoms with Crippen LogP contribution in [0.1, 0.15) is 38.2 Å². The molecule has 0 aromatic heterocycles. The van der Waals surface area contributed by atoms with E-state index >= 15 is 0 Å². The topological polar surface area (TPSA) is 66.8 Å². The second kappa shape index (κ2) is 7.99. The lowest BCUT2D eigenvalue weighted by atomic mass is 9.93. The van der Waals surface area contributed by atoms with Crippen LogP contribution in [0, 0.1) is 12.8 Å². The van der Waals surface area contributed by atoms with Gasteiger partial charge in [0, 0.05) is 19.5 Å². The van der Waals surface area contributed by atoms with Gasteiger partial charge in [-0.3, -0.25) is 9.59 Å². The third kappa shape index (κ3) is 5.27. The molecule has 0 radical (unpaired) electrons. The van der Waals surface area contributed by atoms with E-state index in [9.17, 15) is 9.59 Å². The Morgan fingerprint density at radius 3 is 2.70 bits per heavy atom. The lowest BCUT2D eigenvalue weighted by molar-refractivity contribution is -0.140. The molecule has 1 amide bonds. The highest BCUT2D eigenvalue weighted by Crippen LogP contribution is 2.22. The number of carboxylic acid groups (broad SMARTS) is 1. The molecular formula is C18H25NO4. The fourth-order valence-corrected chi connectivity index (χ4v) is 2.96. The average Bonchev–Trinajstić information content (AvgIpc) is 2.54. The van der Waals surface area contributed by atoms with Gasteiger partial charge in [-0.25, -0.2) is 0 Å². The Labute approximate surface area is 137 Å². The Morgan fingerprint density at radius 1 is 1.35 bits per heavy atom. The van der Waals surface area contributed by atoms with Crippen LogP contribution in [-0.2, 0) is 9.59 Å². The van der Waals surface area contributed by atoms with Crippen LogP contribution in [0.2, 0.25) is 0 Å². The van der Waals surface area contributed by atoms with Crippen molar-refractivity contribution in [2.45, 2.75) is 45.6 Å². The third-order valence-corrected chi connectivity index (χ3v) is 4.28. The predicted molar refractivity (Wildman–Crippen MR) is 87.4 cm³/mol. The zero-order valence-corrected chi connectivity index (χ0v) is 13.8. The molecule has 1 saturated heterocycles. The summed E-state index contributed by atoms with van der Waals surface area (Å²) in [6, 6.07) is 7.64. The maximum Gasteiger partial charge on any atom is 0.303 e. The van der Waals surface area contributed by atoms with Crippen molar-refractivity contribution in [1.82, 2.24) is 4.90 Å². The van der Waals surface area contributed by atoms with Crippen molar-refractivity contribution in [3.05, 3.63) is 29.8 Å². The zero-order valence-electron chi connectivity index (χ0n) is 13.8. The number of carboxylic acids is 1. The fraction of sp³-hybridized carbons (Fsp3) is 0.556. The summed E-state index contributed by atoms with van der Waals surface area (Å²) in [6.07, 6.45) is 2.18. The smallest absolute Gasteiger partial charge is 0.303 e. The largest absolute Gasteiger partial charge is 0.481 e. The summed E-state index contributed by atoms with van der Waals surface area (Å²) in [6.45, 7) is 5.13. The van der Waals surface area contributed by atoms with Crippen molar-refractivity contribution < 1.29 is 19.4 Å². The molecule has 2 unspecified atom stereocenters. The van der Waals surface area contributed by atoms with Crippen molar-refractivity contribution in [3.63, 3.8) is 0 Å². The Kier molecular flexibility index (Phi) is 6.02. The number of hydrogen-bond donors (Lipinski definition) is 1. The number of ether oxygens (including phenoxy) is 1. The molecule has 0 bridgehead atoms. The van der Waals surface area contributed by atoms with E-state index in [1.807, 2.05) is 36.1 Å². The quantitative estimate of drug-likeness (QED) is 0.875. The van der Waals surface area contributed by atoms with Gasteiger partial charge in [0.1, 0.15) is 5.75 Å². The summed E-state index contributed by atoms with van der Waals surface area (Å²) in [7, 11) is 0. The minimum absolute atomic E-state index is 0.0226. The van der Waals surface area contributed by atoms with E-state index in [4.69, 9.17) is 9.84 Å². The Bertz CT molecular complexity index is 540. The lowest BCUT2D eigenvalue weighted by Gasteiger charge is -2.34. The van der Waals surface area contributed by atoms with Crippen LogP contribution in [0.25, 0.3) is 0 Å². The summed E-state index contributed by atoms with van der Waals surface area (Å²) in [4.78, 5) is 25.0. The molecule has 1 N–H and O–H groups in total. The number of hydrogen-bond acceptors (Lipinski definition) is 3. The monoisotopic (exact) mass is 319 g/mol. The van der Waals surface area contributed by atoms with E-state index in [2.05, 4.69) is 0 Å². The van der Waals surface area contributed by atoms with Gasteiger partial charge < -0.3 is 14.7 Å². The van der Waals surface area contributed by atoms with Crippen molar-refractivity contribution >= 4 is 11.9 Å². The number of aliphatic carboxylic acids is 1. The highest BCUT2D eigenvalue weighted by molar-refractivity contribution is 5.81. The number of carbonyl (C=O) groups is 2. The maximum atomic E-state index is 12.5. The number of rotatable bonds is 6. The molecule has 1 aromatic carbocycles. The van der Waals surface area contributed by atoms with Crippen LogP contribution >= 0.6 is 0 Å². The maximum absolute atomic E-state index is 12.5. The van der Waals surface area contributed by atoms with E-state index in [0.717, 1.165) is 24.9 Å². The van der Waals surface area contributed by atoms with Gasteiger partial charge in [-0.1, -0.05) is 17.7 Å². The van der Waals surface area contributed by atoms with E-state index < -0.39 is 12.1 Å². The number of benzene rings is 1. The molecule has 1 aliphatic rings. The first-order chi connectivity index (χ1) is 11.0. The Morgan fingerprint density at radius 2 is 2.04 bits per heavy atom. The van der Waals surface area contributed by atoms with E-state index in [1.54, 1.807) is 6.92 Å². The fourth-order valence-electron chi connectivity index (χ4n) is 2.96. The van der Waals surface area contributed by atoms with E-state index in [-0.39, 0.29) is 18.2 Å². The summed E-state index contributed by atoms with van der Waals surface area (Å²) < 4.78 is 5.73. The van der Waals surface area contributed by atoms with Crippen LogP contribution in [0.4, 0.5) is 0 Å². The molecule has 5 nitrogen and oxygen atoms in total. The van der Waals surface area contributed by atoms with E-state index in [1.165, 1.54) is 0 Å². The van der Waals surface area contributed by atoms with E-state index in [0.29, 0.717) is 18.7 Å². The molecule has 126 valence electrons. The van der Waals surface area contributed by atoms with Crippen molar-refractivity contribution in [3.8, 4) is 5.75 Å². The third-order valence-electron chi connectivity index (χ3n) is 4.28.